The number of H-pyrrole nitrogens is 1. The first-order chi connectivity index (χ1) is 12.0. The van der Waals surface area contributed by atoms with Crippen LogP contribution in [-0.4, -0.2) is 20.4 Å². The minimum atomic E-state index is -0.256. The summed E-state index contributed by atoms with van der Waals surface area (Å²) in [6.07, 6.45) is 0. The normalized spacial score (nSPS) is 13.2. The number of rotatable bonds is 1. The van der Waals surface area contributed by atoms with Crippen molar-refractivity contribution in [3.63, 3.8) is 0 Å². The maximum absolute atomic E-state index is 13.0. The second-order valence-electron chi connectivity index (χ2n) is 5.91. The lowest BCUT2D eigenvalue weighted by atomic mass is 9.94. The average Bonchev–Trinajstić information content (AvgIpc) is 2.68. The first-order valence-electron chi connectivity index (χ1n) is 7.81. The van der Waals surface area contributed by atoms with Gasteiger partial charge in [-0.25, -0.2) is 4.98 Å². The molecule has 124 valence electrons. The van der Waals surface area contributed by atoms with Crippen LogP contribution in [0.4, 0.5) is 0 Å². The van der Waals surface area contributed by atoms with Crippen LogP contribution in [0.15, 0.2) is 53.3 Å². The van der Waals surface area contributed by atoms with Crippen LogP contribution >= 0.6 is 11.6 Å². The molecule has 5 nitrogen and oxygen atoms in total. The molecule has 0 saturated carbocycles. The largest absolute Gasteiger partial charge is 0.623 e. The van der Waals surface area contributed by atoms with Crippen molar-refractivity contribution in [3.8, 4) is 11.1 Å². The van der Waals surface area contributed by atoms with E-state index in [0.717, 1.165) is 10.3 Å². The Balaban J connectivity index is 2.11. The lowest BCUT2D eigenvalue weighted by Gasteiger charge is -2.10. The first kappa shape index (κ1) is 15.6. The topological polar surface area (TPSA) is 71.8 Å². The van der Waals surface area contributed by atoms with Gasteiger partial charge in [-0.15, -0.1) is 0 Å². The van der Waals surface area contributed by atoms with Gasteiger partial charge in [0.2, 0.25) is 5.71 Å². The highest BCUT2D eigenvalue weighted by Gasteiger charge is 2.29. The molecule has 0 atom stereocenters. The summed E-state index contributed by atoms with van der Waals surface area (Å²) >= 11 is 6.19. The van der Waals surface area contributed by atoms with E-state index >= 15 is 0 Å². The van der Waals surface area contributed by atoms with Crippen LogP contribution in [0.3, 0.4) is 0 Å². The van der Waals surface area contributed by atoms with Crippen molar-refractivity contribution < 1.29 is 4.74 Å². The summed E-state index contributed by atoms with van der Waals surface area (Å²) in [5.41, 5.74) is 3.16. The zero-order chi connectivity index (χ0) is 17.6. The van der Waals surface area contributed by atoms with Gasteiger partial charge >= 0.3 is 0 Å². The molecule has 0 radical (unpaired) electrons. The second-order valence-corrected chi connectivity index (χ2v) is 6.35. The lowest BCUT2D eigenvalue weighted by Crippen LogP contribution is -2.18. The molecule has 2 heterocycles. The number of fused-ring (bicyclic) bond motifs is 3. The third-order valence-corrected chi connectivity index (χ3v) is 4.44. The zero-order valence-corrected chi connectivity index (χ0v) is 14.2. The molecule has 1 aliphatic rings. The Kier molecular flexibility index (Phi) is 3.66. The molecule has 0 amide bonds. The number of nitrogens with zero attached hydrogens (tertiary/aromatic N) is 2. The quantitative estimate of drug-likeness (QED) is 0.540. The highest BCUT2D eigenvalue weighted by Crippen LogP contribution is 2.31. The van der Waals surface area contributed by atoms with E-state index in [1.165, 1.54) is 0 Å². The monoisotopic (exact) mass is 351 g/mol. The Hall–Kier alpha value is -2.92. The maximum Gasteiger partial charge on any atom is 0.259 e. The molecule has 2 aromatic carbocycles. The van der Waals surface area contributed by atoms with E-state index < -0.39 is 0 Å². The van der Waals surface area contributed by atoms with Gasteiger partial charge < -0.3 is 10.2 Å². The van der Waals surface area contributed by atoms with E-state index in [4.69, 9.17) is 11.6 Å². The molecule has 1 aromatic heterocycles. The highest BCUT2D eigenvalue weighted by atomic mass is 35.5. The van der Waals surface area contributed by atoms with E-state index in [1.54, 1.807) is 25.1 Å². The predicted octanol–water partition coefficient (Wildman–Crippen LogP) is 3.26. The summed E-state index contributed by atoms with van der Waals surface area (Å²) in [5, 5.41) is 13.5. The summed E-state index contributed by atoms with van der Waals surface area (Å²) in [6, 6.07) is 14.6. The summed E-state index contributed by atoms with van der Waals surface area (Å²) in [4.78, 5) is 19.7. The average molecular weight is 352 g/mol. The first-order valence-corrected chi connectivity index (χ1v) is 8.19. The SMILES string of the molecule is Cc1nc2c(c(=O)[nH]1)-c1ccc(Cl)cc1C(c1ccccc1)=[N+]([O-])C2. The third-order valence-electron chi connectivity index (χ3n) is 4.21. The maximum atomic E-state index is 13.0. The number of aryl methyl sites for hydroxylation is 1. The Labute approximate surface area is 148 Å². The number of aromatic nitrogens is 2. The van der Waals surface area contributed by atoms with Crippen molar-refractivity contribution in [1.82, 2.24) is 9.97 Å². The highest BCUT2D eigenvalue weighted by molar-refractivity contribution is 6.31. The lowest BCUT2D eigenvalue weighted by molar-refractivity contribution is -0.474. The molecule has 25 heavy (non-hydrogen) atoms. The van der Waals surface area contributed by atoms with Gasteiger partial charge in [-0.05, 0) is 31.2 Å². The van der Waals surface area contributed by atoms with Crippen molar-refractivity contribution in [2.24, 2.45) is 0 Å². The van der Waals surface area contributed by atoms with Gasteiger partial charge in [-0.3, -0.25) is 4.79 Å². The molecular weight excluding hydrogens is 338 g/mol. The minimum absolute atomic E-state index is 0.00335. The third kappa shape index (κ3) is 2.62. The van der Waals surface area contributed by atoms with Crippen LogP contribution < -0.4 is 5.56 Å². The number of hydroxylamine groups is 1. The van der Waals surface area contributed by atoms with E-state index in [-0.39, 0.29) is 12.1 Å². The van der Waals surface area contributed by atoms with E-state index in [1.807, 2.05) is 30.3 Å². The zero-order valence-electron chi connectivity index (χ0n) is 13.4. The van der Waals surface area contributed by atoms with Crippen LogP contribution in [0.2, 0.25) is 5.02 Å². The van der Waals surface area contributed by atoms with Crippen LogP contribution in [0.1, 0.15) is 22.6 Å². The van der Waals surface area contributed by atoms with E-state index in [9.17, 15) is 10.0 Å². The van der Waals surface area contributed by atoms with Crippen LogP contribution in [0, 0.1) is 12.1 Å². The Morgan fingerprint density at radius 1 is 1.16 bits per heavy atom. The molecule has 3 aromatic rings. The molecule has 0 fully saturated rings. The number of nitrogens with one attached hydrogen (secondary N) is 1. The Morgan fingerprint density at radius 2 is 1.92 bits per heavy atom. The molecule has 4 rings (SSSR count). The van der Waals surface area contributed by atoms with Crippen LogP contribution in [-0.2, 0) is 6.54 Å². The Bertz CT molecular complexity index is 1070. The van der Waals surface area contributed by atoms with Gasteiger partial charge in [-0.2, -0.15) is 4.74 Å². The summed E-state index contributed by atoms with van der Waals surface area (Å²) in [6.45, 7) is 1.70. The second kappa shape index (κ2) is 5.86. The number of halogens is 1. The molecule has 0 bridgehead atoms. The fraction of sp³-hybridized carbons (Fsp3) is 0.105. The minimum Gasteiger partial charge on any atom is -0.623 e. The molecule has 0 aliphatic carbocycles. The molecular formula is C19H14ClN3O2. The van der Waals surface area contributed by atoms with Crippen molar-refractivity contribution in [3.05, 3.63) is 91.8 Å². The number of benzene rings is 2. The fourth-order valence-electron chi connectivity index (χ4n) is 3.21. The number of aromatic amines is 1. The van der Waals surface area contributed by atoms with Crippen molar-refractivity contribution in [2.75, 3.05) is 0 Å². The summed E-state index contributed by atoms with van der Waals surface area (Å²) < 4.78 is 0.877. The molecule has 1 aliphatic heterocycles. The van der Waals surface area contributed by atoms with Gasteiger partial charge in [0.1, 0.15) is 11.5 Å². The summed E-state index contributed by atoms with van der Waals surface area (Å²) in [7, 11) is 0. The van der Waals surface area contributed by atoms with Crippen molar-refractivity contribution >= 4 is 17.3 Å². The van der Waals surface area contributed by atoms with E-state index in [2.05, 4.69) is 9.97 Å². The van der Waals surface area contributed by atoms with E-state index in [0.29, 0.717) is 38.9 Å². The standard InChI is InChI=1S/C19H14ClN3O2/c1-11-21-16-10-23(25)18(12-5-3-2-4-6-12)15-9-13(20)7-8-14(15)17(16)19(24)22-11/h2-9H,10H2,1H3,(H,21,22,24). The van der Waals surface area contributed by atoms with Crippen molar-refractivity contribution in [1.29, 1.82) is 0 Å². The predicted molar refractivity (Wildman–Crippen MR) is 97.0 cm³/mol. The van der Waals surface area contributed by atoms with Crippen LogP contribution in [0.25, 0.3) is 11.1 Å². The summed E-state index contributed by atoms with van der Waals surface area (Å²) in [5.74, 6) is 0.482. The van der Waals surface area contributed by atoms with Gasteiger partial charge in [0.25, 0.3) is 5.56 Å². The van der Waals surface area contributed by atoms with Gasteiger partial charge in [0.15, 0.2) is 6.54 Å². The number of hydrogen-bond donors (Lipinski definition) is 1. The molecule has 0 saturated heterocycles. The Morgan fingerprint density at radius 3 is 2.68 bits per heavy atom. The fourth-order valence-corrected chi connectivity index (χ4v) is 3.38. The number of hydrogen-bond acceptors (Lipinski definition) is 3. The van der Waals surface area contributed by atoms with Gasteiger partial charge in [0.05, 0.1) is 11.1 Å². The molecule has 0 spiro atoms. The molecule has 0 unspecified atom stereocenters. The van der Waals surface area contributed by atoms with Gasteiger partial charge in [0, 0.05) is 16.1 Å². The van der Waals surface area contributed by atoms with Crippen molar-refractivity contribution in [2.45, 2.75) is 13.5 Å². The molecule has 1 N–H and O–H groups in total. The molecule has 6 heteroatoms. The smallest absolute Gasteiger partial charge is 0.259 e. The van der Waals surface area contributed by atoms with Crippen LogP contribution in [0.5, 0.6) is 0 Å². The van der Waals surface area contributed by atoms with Gasteiger partial charge in [-0.1, -0.05) is 35.9 Å².